The highest BCUT2D eigenvalue weighted by atomic mass is 32.2. The van der Waals surface area contributed by atoms with Crippen LogP contribution in [0.1, 0.15) is 12.0 Å². The smallest absolute Gasteiger partial charge is 0.215 e. The quantitative estimate of drug-likeness (QED) is 0.662. The van der Waals surface area contributed by atoms with Crippen molar-refractivity contribution >= 4 is 10.0 Å². The summed E-state index contributed by atoms with van der Waals surface area (Å²) in [5.74, 6) is -0.537. The zero-order valence-corrected chi connectivity index (χ0v) is 12.3. The van der Waals surface area contributed by atoms with E-state index in [4.69, 9.17) is 9.47 Å². The number of methoxy groups -OCH3 is 1. The predicted octanol–water partition coefficient (Wildman–Crippen LogP) is 1.30. The average molecular weight is 305 g/mol. The first kappa shape index (κ1) is 17.0. The largest absolute Gasteiger partial charge is 0.382 e. The van der Waals surface area contributed by atoms with E-state index in [0.29, 0.717) is 38.3 Å². The van der Waals surface area contributed by atoms with E-state index in [1.807, 2.05) is 0 Å². The predicted molar refractivity (Wildman–Crippen MR) is 74.3 cm³/mol. The summed E-state index contributed by atoms with van der Waals surface area (Å²) in [6.45, 7) is 1.81. The summed E-state index contributed by atoms with van der Waals surface area (Å²) in [7, 11) is -1.81. The maximum absolute atomic E-state index is 12.7. The molecule has 5 nitrogen and oxygen atoms in total. The van der Waals surface area contributed by atoms with Crippen molar-refractivity contribution in [2.75, 3.05) is 33.5 Å². The second-order valence-electron chi connectivity index (χ2n) is 4.24. The summed E-state index contributed by atoms with van der Waals surface area (Å²) in [6.07, 6.45) is 0.590. The van der Waals surface area contributed by atoms with Crippen LogP contribution in [0.4, 0.5) is 4.39 Å². The van der Waals surface area contributed by atoms with Crippen LogP contribution >= 0.6 is 0 Å². The van der Waals surface area contributed by atoms with E-state index in [0.717, 1.165) is 0 Å². The molecule has 1 aromatic rings. The molecular weight excluding hydrogens is 285 g/mol. The lowest BCUT2D eigenvalue weighted by molar-refractivity contribution is 0.0699. The Morgan fingerprint density at radius 3 is 2.50 bits per heavy atom. The van der Waals surface area contributed by atoms with Gasteiger partial charge in [0.05, 0.1) is 19.0 Å². The molecule has 0 radical (unpaired) electrons. The highest BCUT2D eigenvalue weighted by Crippen LogP contribution is 2.06. The van der Waals surface area contributed by atoms with Gasteiger partial charge in [0, 0.05) is 20.3 Å². The summed E-state index contributed by atoms with van der Waals surface area (Å²) < 4.78 is 48.7. The molecule has 1 rings (SSSR count). The first-order valence-electron chi connectivity index (χ1n) is 6.32. The van der Waals surface area contributed by atoms with Crippen LogP contribution in [0.5, 0.6) is 0 Å². The Kier molecular flexibility index (Phi) is 7.68. The Hall–Kier alpha value is -1.02. The van der Waals surface area contributed by atoms with Gasteiger partial charge in [-0.15, -0.1) is 0 Å². The van der Waals surface area contributed by atoms with Crippen molar-refractivity contribution in [3.05, 3.63) is 35.6 Å². The fraction of sp³-hybridized carbons (Fsp3) is 0.538. The first-order valence-corrected chi connectivity index (χ1v) is 7.97. The number of hydrogen-bond acceptors (Lipinski definition) is 4. The lowest BCUT2D eigenvalue weighted by Crippen LogP contribution is -2.27. The van der Waals surface area contributed by atoms with Gasteiger partial charge in [0.15, 0.2) is 0 Å². The first-order chi connectivity index (χ1) is 9.53. The zero-order valence-electron chi connectivity index (χ0n) is 11.5. The molecule has 0 heterocycles. The van der Waals surface area contributed by atoms with Crippen molar-refractivity contribution in [3.8, 4) is 0 Å². The third-order valence-corrected chi connectivity index (χ3v) is 3.85. The van der Waals surface area contributed by atoms with Gasteiger partial charge in [-0.1, -0.05) is 12.1 Å². The van der Waals surface area contributed by atoms with Crippen LogP contribution in [-0.4, -0.2) is 41.9 Å². The van der Waals surface area contributed by atoms with Crippen LogP contribution in [0, 0.1) is 5.82 Å². The monoisotopic (exact) mass is 305 g/mol. The molecular formula is C13H20FNO4S. The lowest BCUT2D eigenvalue weighted by Gasteiger charge is -2.07. The van der Waals surface area contributed by atoms with Gasteiger partial charge in [-0.25, -0.2) is 17.5 Å². The minimum atomic E-state index is -3.40. The number of sulfonamides is 1. The summed E-state index contributed by atoms with van der Waals surface area (Å²) in [5, 5.41) is 0. The Morgan fingerprint density at radius 2 is 1.85 bits per heavy atom. The molecule has 0 saturated heterocycles. The number of rotatable bonds is 10. The molecule has 0 fully saturated rings. The van der Waals surface area contributed by atoms with Gasteiger partial charge >= 0.3 is 0 Å². The Labute approximate surface area is 119 Å². The third kappa shape index (κ3) is 7.54. The van der Waals surface area contributed by atoms with Gasteiger partial charge in [-0.2, -0.15) is 0 Å². The molecule has 0 aliphatic heterocycles. The molecule has 0 saturated carbocycles. The molecule has 0 aliphatic carbocycles. The molecule has 7 heteroatoms. The summed E-state index contributed by atoms with van der Waals surface area (Å²) in [5.41, 5.74) is 0.551. The van der Waals surface area contributed by atoms with E-state index >= 15 is 0 Å². The minimum absolute atomic E-state index is 0.155. The molecule has 0 spiro atoms. The number of ether oxygens (including phenoxy) is 2. The highest BCUT2D eigenvalue weighted by molar-refractivity contribution is 7.88. The van der Waals surface area contributed by atoms with E-state index in [9.17, 15) is 12.8 Å². The van der Waals surface area contributed by atoms with Gasteiger partial charge in [0.25, 0.3) is 0 Å². The summed E-state index contributed by atoms with van der Waals surface area (Å²) >= 11 is 0. The molecule has 1 N–H and O–H groups in total. The van der Waals surface area contributed by atoms with Crippen LogP contribution in [0.3, 0.4) is 0 Å². The molecule has 20 heavy (non-hydrogen) atoms. The van der Waals surface area contributed by atoms with Gasteiger partial charge in [0.2, 0.25) is 10.0 Å². The SMILES string of the molecule is COCCOCCCNS(=O)(=O)Cc1ccc(F)cc1. The van der Waals surface area contributed by atoms with Crippen LogP contribution in [0.25, 0.3) is 0 Å². The second kappa shape index (κ2) is 9.02. The number of benzene rings is 1. The van der Waals surface area contributed by atoms with Gasteiger partial charge in [-0.05, 0) is 24.1 Å². The standard InChI is InChI=1S/C13H20FNO4S/c1-18-9-10-19-8-2-7-15-20(16,17)11-12-3-5-13(14)6-4-12/h3-6,15H,2,7-11H2,1H3. The maximum Gasteiger partial charge on any atom is 0.215 e. The van der Waals surface area contributed by atoms with Crippen molar-refractivity contribution in [2.24, 2.45) is 0 Å². The molecule has 0 atom stereocenters. The summed E-state index contributed by atoms with van der Waals surface area (Å²) in [6, 6.07) is 5.41. The normalized spacial score (nSPS) is 11.7. The van der Waals surface area contributed by atoms with Crippen LogP contribution < -0.4 is 4.72 Å². The molecule has 114 valence electrons. The van der Waals surface area contributed by atoms with E-state index in [1.165, 1.54) is 24.3 Å². The van der Waals surface area contributed by atoms with Crippen LogP contribution in [-0.2, 0) is 25.2 Å². The highest BCUT2D eigenvalue weighted by Gasteiger charge is 2.10. The molecule has 0 amide bonds. The van der Waals surface area contributed by atoms with Crippen molar-refractivity contribution in [1.82, 2.24) is 4.72 Å². The minimum Gasteiger partial charge on any atom is -0.382 e. The van der Waals surface area contributed by atoms with Gasteiger partial charge in [-0.3, -0.25) is 0 Å². The van der Waals surface area contributed by atoms with Crippen LogP contribution in [0.15, 0.2) is 24.3 Å². The van der Waals surface area contributed by atoms with Gasteiger partial charge < -0.3 is 9.47 Å². The van der Waals surface area contributed by atoms with E-state index < -0.39 is 10.0 Å². The van der Waals surface area contributed by atoms with E-state index in [2.05, 4.69) is 4.72 Å². The molecule has 0 unspecified atom stereocenters. The molecule has 0 bridgehead atoms. The number of nitrogens with one attached hydrogen (secondary N) is 1. The summed E-state index contributed by atoms with van der Waals surface area (Å²) in [4.78, 5) is 0. The Balaban J connectivity index is 2.23. The maximum atomic E-state index is 12.7. The fourth-order valence-corrected chi connectivity index (χ4v) is 2.69. The zero-order chi connectivity index (χ0) is 14.8. The van der Waals surface area contributed by atoms with Crippen molar-refractivity contribution in [1.29, 1.82) is 0 Å². The second-order valence-corrected chi connectivity index (χ2v) is 6.05. The van der Waals surface area contributed by atoms with Crippen LogP contribution in [0.2, 0.25) is 0 Å². The number of hydrogen-bond donors (Lipinski definition) is 1. The van der Waals surface area contributed by atoms with Crippen molar-refractivity contribution in [2.45, 2.75) is 12.2 Å². The van der Waals surface area contributed by atoms with E-state index in [-0.39, 0.29) is 11.6 Å². The molecule has 0 aromatic heterocycles. The van der Waals surface area contributed by atoms with E-state index in [1.54, 1.807) is 7.11 Å². The Bertz CT molecular complexity index is 476. The third-order valence-electron chi connectivity index (χ3n) is 2.49. The molecule has 0 aliphatic rings. The van der Waals surface area contributed by atoms with Crippen molar-refractivity contribution < 1.29 is 22.3 Å². The lowest BCUT2D eigenvalue weighted by atomic mass is 10.2. The Morgan fingerprint density at radius 1 is 1.15 bits per heavy atom. The number of halogens is 1. The van der Waals surface area contributed by atoms with Gasteiger partial charge in [0.1, 0.15) is 5.82 Å². The van der Waals surface area contributed by atoms with Crippen molar-refractivity contribution in [3.63, 3.8) is 0 Å². The average Bonchev–Trinajstić information content (AvgIpc) is 2.40. The topological polar surface area (TPSA) is 64.6 Å². The fourth-order valence-electron chi connectivity index (χ4n) is 1.50. The molecule has 1 aromatic carbocycles.